The second kappa shape index (κ2) is 5.87. The Morgan fingerprint density at radius 2 is 2.11 bits per heavy atom. The molecule has 2 aromatic rings. The number of methoxy groups -OCH3 is 1. The van der Waals surface area contributed by atoms with Gasteiger partial charge in [-0.25, -0.2) is 0 Å². The van der Waals surface area contributed by atoms with Crippen LogP contribution in [-0.2, 0) is 0 Å². The molecule has 0 radical (unpaired) electrons. The number of nitrogens with zero attached hydrogens (tertiary/aromatic N) is 2. The first-order valence-electron chi connectivity index (χ1n) is 5.89. The number of pyridine rings is 1. The van der Waals surface area contributed by atoms with E-state index in [4.69, 9.17) is 14.7 Å². The normalized spacial score (nSPS) is 11.4. The predicted molar refractivity (Wildman–Crippen MR) is 71.0 cm³/mol. The van der Waals surface area contributed by atoms with Crippen molar-refractivity contribution in [1.29, 1.82) is 5.26 Å². The van der Waals surface area contributed by atoms with E-state index in [0.717, 1.165) is 5.56 Å². The van der Waals surface area contributed by atoms with Crippen LogP contribution < -0.4 is 9.47 Å². The molecule has 0 saturated carbocycles. The third kappa shape index (κ3) is 3.02. The minimum Gasteiger partial charge on any atom is -0.493 e. The maximum absolute atomic E-state index is 8.92. The van der Waals surface area contributed by atoms with Gasteiger partial charge >= 0.3 is 0 Å². The molecule has 1 aromatic carbocycles. The largest absolute Gasteiger partial charge is 0.493 e. The molecule has 1 atom stereocenters. The van der Waals surface area contributed by atoms with E-state index in [2.05, 4.69) is 11.1 Å². The molecule has 1 unspecified atom stereocenters. The highest BCUT2D eigenvalue weighted by Gasteiger charge is 2.12. The maximum atomic E-state index is 8.92. The lowest BCUT2D eigenvalue weighted by Gasteiger charge is -2.17. The molecule has 0 N–H and O–H groups in total. The number of nitriles is 1. The molecule has 1 aromatic heterocycles. The molecule has 4 nitrogen and oxygen atoms in total. The van der Waals surface area contributed by atoms with E-state index in [9.17, 15) is 0 Å². The van der Waals surface area contributed by atoms with Gasteiger partial charge in [-0.3, -0.25) is 4.98 Å². The molecule has 0 aliphatic heterocycles. The predicted octanol–water partition coefficient (Wildman–Crippen LogP) is 3.10. The molecule has 2 rings (SSSR count). The molecular formula is C15H14N2O2. The smallest absolute Gasteiger partial charge is 0.163 e. The van der Waals surface area contributed by atoms with Crippen molar-refractivity contribution in [1.82, 2.24) is 4.98 Å². The standard InChI is InChI=1S/C15H14N2O2/c1-11(13-4-3-7-17-10-13)19-15-8-12(9-16)5-6-14(15)18-2/h3-8,10-11H,1-2H3. The Morgan fingerprint density at radius 3 is 2.74 bits per heavy atom. The van der Waals surface area contributed by atoms with Crippen molar-refractivity contribution in [2.75, 3.05) is 7.11 Å². The summed E-state index contributed by atoms with van der Waals surface area (Å²) in [5.74, 6) is 1.16. The first-order chi connectivity index (χ1) is 9.24. The summed E-state index contributed by atoms with van der Waals surface area (Å²) in [6, 6.07) is 11.0. The van der Waals surface area contributed by atoms with Crippen molar-refractivity contribution < 1.29 is 9.47 Å². The number of hydrogen-bond acceptors (Lipinski definition) is 4. The minimum absolute atomic E-state index is 0.170. The fourth-order valence-corrected chi connectivity index (χ4v) is 1.71. The highest BCUT2D eigenvalue weighted by molar-refractivity contribution is 5.47. The number of rotatable bonds is 4. The van der Waals surface area contributed by atoms with E-state index >= 15 is 0 Å². The second-order valence-electron chi connectivity index (χ2n) is 4.02. The molecule has 0 bridgehead atoms. The van der Waals surface area contributed by atoms with Gasteiger partial charge in [0.25, 0.3) is 0 Å². The quantitative estimate of drug-likeness (QED) is 0.841. The number of ether oxygens (including phenoxy) is 2. The zero-order valence-electron chi connectivity index (χ0n) is 10.8. The fourth-order valence-electron chi connectivity index (χ4n) is 1.71. The Bertz CT molecular complexity index is 591. The summed E-state index contributed by atoms with van der Waals surface area (Å²) in [6.07, 6.45) is 3.30. The van der Waals surface area contributed by atoms with Gasteiger partial charge in [-0.1, -0.05) is 6.07 Å². The highest BCUT2D eigenvalue weighted by Crippen LogP contribution is 2.31. The maximum Gasteiger partial charge on any atom is 0.163 e. The summed E-state index contributed by atoms with van der Waals surface area (Å²) in [6.45, 7) is 1.93. The summed E-state index contributed by atoms with van der Waals surface area (Å²) in [5, 5.41) is 8.92. The molecule has 96 valence electrons. The van der Waals surface area contributed by atoms with Crippen molar-refractivity contribution in [2.24, 2.45) is 0 Å². The highest BCUT2D eigenvalue weighted by atomic mass is 16.5. The lowest BCUT2D eigenvalue weighted by atomic mass is 10.2. The van der Waals surface area contributed by atoms with Crippen LogP contribution in [0.3, 0.4) is 0 Å². The van der Waals surface area contributed by atoms with Crippen LogP contribution in [0, 0.1) is 11.3 Å². The van der Waals surface area contributed by atoms with Gasteiger partial charge in [0.2, 0.25) is 0 Å². The summed E-state index contributed by atoms with van der Waals surface area (Å²) in [7, 11) is 1.57. The molecular weight excluding hydrogens is 240 g/mol. The van der Waals surface area contributed by atoms with Gasteiger partial charge in [-0.2, -0.15) is 5.26 Å². The lowest BCUT2D eigenvalue weighted by Crippen LogP contribution is -2.04. The molecule has 0 aliphatic carbocycles. The molecule has 0 amide bonds. The van der Waals surface area contributed by atoms with Crippen LogP contribution >= 0.6 is 0 Å². The number of aromatic nitrogens is 1. The summed E-state index contributed by atoms with van der Waals surface area (Å²) < 4.78 is 11.1. The average molecular weight is 254 g/mol. The summed E-state index contributed by atoms with van der Waals surface area (Å²) in [5.41, 5.74) is 1.50. The van der Waals surface area contributed by atoms with Crippen LogP contribution in [0.1, 0.15) is 24.2 Å². The Labute approximate surface area is 112 Å². The van der Waals surface area contributed by atoms with Crippen molar-refractivity contribution >= 4 is 0 Å². The van der Waals surface area contributed by atoms with Gasteiger partial charge < -0.3 is 9.47 Å². The Hall–Kier alpha value is -2.54. The first-order valence-corrected chi connectivity index (χ1v) is 5.89. The van der Waals surface area contributed by atoms with Crippen LogP contribution in [0.15, 0.2) is 42.7 Å². The second-order valence-corrected chi connectivity index (χ2v) is 4.02. The Kier molecular flexibility index (Phi) is 3.99. The molecule has 4 heteroatoms. The third-order valence-corrected chi connectivity index (χ3v) is 2.75. The van der Waals surface area contributed by atoms with Gasteiger partial charge in [0.15, 0.2) is 11.5 Å². The summed E-state index contributed by atoms with van der Waals surface area (Å²) in [4.78, 5) is 4.06. The van der Waals surface area contributed by atoms with Crippen molar-refractivity contribution in [3.05, 3.63) is 53.9 Å². The van der Waals surface area contributed by atoms with Gasteiger partial charge in [0, 0.05) is 24.0 Å². The van der Waals surface area contributed by atoms with E-state index in [-0.39, 0.29) is 6.10 Å². The van der Waals surface area contributed by atoms with Crippen molar-refractivity contribution in [3.63, 3.8) is 0 Å². The minimum atomic E-state index is -0.170. The van der Waals surface area contributed by atoms with E-state index in [1.165, 1.54) is 0 Å². The van der Waals surface area contributed by atoms with Crippen LogP contribution in [-0.4, -0.2) is 12.1 Å². The molecule has 0 aliphatic rings. The van der Waals surface area contributed by atoms with E-state index in [0.29, 0.717) is 17.1 Å². The molecule has 19 heavy (non-hydrogen) atoms. The van der Waals surface area contributed by atoms with Gasteiger partial charge in [0.05, 0.1) is 18.7 Å². The van der Waals surface area contributed by atoms with Crippen molar-refractivity contribution in [3.8, 4) is 17.6 Å². The lowest BCUT2D eigenvalue weighted by molar-refractivity contribution is 0.215. The van der Waals surface area contributed by atoms with Crippen LogP contribution in [0.2, 0.25) is 0 Å². The Balaban J connectivity index is 2.25. The number of hydrogen-bond donors (Lipinski definition) is 0. The van der Waals surface area contributed by atoms with Gasteiger partial charge in [-0.05, 0) is 25.1 Å². The van der Waals surface area contributed by atoms with E-state index in [1.54, 1.807) is 37.7 Å². The molecule has 0 saturated heterocycles. The summed E-state index contributed by atoms with van der Waals surface area (Å²) >= 11 is 0. The van der Waals surface area contributed by atoms with Crippen LogP contribution in [0.5, 0.6) is 11.5 Å². The molecule has 0 spiro atoms. The SMILES string of the molecule is COc1ccc(C#N)cc1OC(C)c1cccnc1. The van der Waals surface area contributed by atoms with E-state index in [1.807, 2.05) is 19.1 Å². The first kappa shape index (κ1) is 12.9. The zero-order valence-corrected chi connectivity index (χ0v) is 10.8. The van der Waals surface area contributed by atoms with Gasteiger partial charge in [0.1, 0.15) is 6.10 Å². The monoisotopic (exact) mass is 254 g/mol. The zero-order chi connectivity index (χ0) is 13.7. The third-order valence-electron chi connectivity index (χ3n) is 2.75. The van der Waals surface area contributed by atoms with Crippen LogP contribution in [0.4, 0.5) is 0 Å². The molecule has 1 heterocycles. The van der Waals surface area contributed by atoms with Gasteiger partial charge in [-0.15, -0.1) is 0 Å². The van der Waals surface area contributed by atoms with Crippen LogP contribution in [0.25, 0.3) is 0 Å². The topological polar surface area (TPSA) is 55.1 Å². The molecule has 0 fully saturated rings. The van der Waals surface area contributed by atoms with E-state index < -0.39 is 0 Å². The fraction of sp³-hybridized carbons (Fsp3) is 0.200. The average Bonchev–Trinajstić information content (AvgIpc) is 2.48. The number of benzene rings is 1. The Morgan fingerprint density at radius 1 is 1.26 bits per heavy atom. The van der Waals surface area contributed by atoms with Crippen molar-refractivity contribution in [2.45, 2.75) is 13.0 Å².